The monoisotopic (exact) mass is 264 g/mol. The van der Waals surface area contributed by atoms with Crippen molar-refractivity contribution in [1.82, 2.24) is 0 Å². The van der Waals surface area contributed by atoms with Crippen LogP contribution in [-0.2, 0) is 0 Å². The van der Waals surface area contributed by atoms with Gasteiger partial charge in [-0.1, -0.05) is 42.5 Å². The summed E-state index contributed by atoms with van der Waals surface area (Å²) in [6, 6.07) is 19.3. The molecular formula is C17H16N2O. The molecule has 0 atom stereocenters. The lowest BCUT2D eigenvalue weighted by Crippen LogP contribution is -1.97. The molecule has 0 amide bonds. The molecule has 100 valence electrons. The largest absolute Gasteiger partial charge is 0.500 e. The van der Waals surface area contributed by atoms with Gasteiger partial charge in [-0.15, -0.1) is 0 Å². The van der Waals surface area contributed by atoms with Crippen LogP contribution in [0.15, 0.2) is 83.6 Å². The number of allylic oxidation sites excluding steroid dienone is 1. The lowest BCUT2D eigenvalue weighted by molar-refractivity contribution is 0.441. The first-order valence-electron chi connectivity index (χ1n) is 6.38. The first-order chi connectivity index (χ1) is 9.84. The van der Waals surface area contributed by atoms with Crippen LogP contribution in [0.1, 0.15) is 0 Å². The highest BCUT2D eigenvalue weighted by atomic mass is 16.3. The van der Waals surface area contributed by atoms with Crippen LogP contribution in [0, 0.1) is 0 Å². The Hall–Kier alpha value is -2.77. The van der Waals surface area contributed by atoms with Crippen molar-refractivity contribution in [3.8, 4) is 0 Å². The molecule has 2 N–H and O–H groups in total. The third kappa shape index (κ3) is 4.84. The lowest BCUT2D eigenvalue weighted by atomic mass is 10.3. The second-order valence-corrected chi connectivity index (χ2v) is 4.09. The molecule has 0 spiro atoms. The Balaban J connectivity index is 1.86. The number of benzene rings is 2. The van der Waals surface area contributed by atoms with E-state index in [4.69, 9.17) is 0 Å². The molecule has 3 nitrogen and oxygen atoms in total. The van der Waals surface area contributed by atoms with Crippen LogP contribution in [0.5, 0.6) is 0 Å². The summed E-state index contributed by atoms with van der Waals surface area (Å²) in [5.74, 6) is 2.58. The van der Waals surface area contributed by atoms with E-state index in [1.54, 1.807) is 6.08 Å². The molecule has 2 aromatic carbocycles. The number of hydrogen-bond acceptors (Lipinski definition) is 3. The molecule has 3 heteroatoms. The molecule has 2 rings (SSSR count). The molecule has 2 aromatic rings. The molecule has 0 saturated carbocycles. The summed E-state index contributed by atoms with van der Waals surface area (Å²) in [6.07, 6.45) is 3.39. The van der Waals surface area contributed by atoms with E-state index in [-0.39, 0.29) is 5.76 Å². The van der Waals surface area contributed by atoms with Gasteiger partial charge in [-0.3, -0.25) is 0 Å². The molecule has 0 radical (unpaired) electrons. The summed E-state index contributed by atoms with van der Waals surface area (Å²) in [5, 5.41) is 12.8. The van der Waals surface area contributed by atoms with E-state index in [1.165, 1.54) is 0 Å². The number of nitrogens with one attached hydrogen (secondary N) is 1. The molecule has 0 aromatic heterocycles. The van der Waals surface area contributed by atoms with Gasteiger partial charge in [0.25, 0.3) is 0 Å². The van der Waals surface area contributed by atoms with Crippen molar-refractivity contribution in [2.45, 2.75) is 0 Å². The van der Waals surface area contributed by atoms with Gasteiger partial charge in [-0.2, -0.15) is 0 Å². The van der Waals surface area contributed by atoms with Gasteiger partial charge in [0.1, 0.15) is 0 Å². The van der Waals surface area contributed by atoms with Gasteiger partial charge in [-0.05, 0) is 30.3 Å². The number of hydrogen-bond donors (Lipinski definition) is 2. The molecule has 0 aliphatic heterocycles. The van der Waals surface area contributed by atoms with E-state index < -0.39 is 0 Å². The topological polar surface area (TPSA) is 44.6 Å². The van der Waals surface area contributed by atoms with Crippen molar-refractivity contribution in [2.24, 2.45) is 4.99 Å². The average molecular weight is 264 g/mol. The van der Waals surface area contributed by atoms with Crippen molar-refractivity contribution in [2.75, 3.05) is 11.9 Å². The standard InChI is InChI=1S/C17H16N2O/c20-17(14-19-16-10-5-2-6-11-16)12-7-13-18-15-8-3-1-4-9-15/h1-12,18,20H,13H2. The molecule has 0 fully saturated rings. The van der Waals surface area contributed by atoms with E-state index in [0.717, 1.165) is 11.4 Å². The minimum atomic E-state index is 0.00344. The summed E-state index contributed by atoms with van der Waals surface area (Å²) in [5.41, 5.74) is 1.80. The van der Waals surface area contributed by atoms with Gasteiger partial charge in [0.15, 0.2) is 5.76 Å². The molecule has 0 aliphatic rings. The highest BCUT2D eigenvalue weighted by Gasteiger charge is 1.87. The first-order valence-corrected chi connectivity index (χ1v) is 6.38. The van der Waals surface area contributed by atoms with Crippen LogP contribution in [0.25, 0.3) is 0 Å². The van der Waals surface area contributed by atoms with E-state index in [0.29, 0.717) is 6.54 Å². The Labute approximate surface area is 118 Å². The molecule has 0 bridgehead atoms. The van der Waals surface area contributed by atoms with Crippen LogP contribution in [0.4, 0.5) is 11.4 Å². The summed E-state index contributed by atoms with van der Waals surface area (Å²) in [6.45, 7) is 0.626. The fourth-order valence-electron chi connectivity index (χ4n) is 1.56. The minimum absolute atomic E-state index is 0.00344. The Morgan fingerprint density at radius 3 is 2.40 bits per heavy atom. The van der Waals surface area contributed by atoms with Crippen LogP contribution < -0.4 is 5.32 Å². The summed E-state index contributed by atoms with van der Waals surface area (Å²) >= 11 is 0. The van der Waals surface area contributed by atoms with E-state index in [9.17, 15) is 5.11 Å². The third-order valence-electron chi connectivity index (χ3n) is 2.53. The quantitative estimate of drug-likeness (QED) is 0.485. The third-order valence-corrected chi connectivity index (χ3v) is 2.53. The zero-order valence-electron chi connectivity index (χ0n) is 11.0. The maximum Gasteiger partial charge on any atom is 0.178 e. The highest BCUT2D eigenvalue weighted by Crippen LogP contribution is 2.08. The number of aliphatic hydroxyl groups excluding tert-OH is 1. The molecule has 0 heterocycles. The Bertz CT molecular complexity index is 612. The van der Waals surface area contributed by atoms with Crippen molar-refractivity contribution in [3.63, 3.8) is 0 Å². The average Bonchev–Trinajstić information content (AvgIpc) is 2.52. The predicted octanol–water partition coefficient (Wildman–Crippen LogP) is 4.10. The van der Waals surface area contributed by atoms with Gasteiger partial charge in [-0.25, -0.2) is 4.99 Å². The fourth-order valence-corrected chi connectivity index (χ4v) is 1.56. The van der Waals surface area contributed by atoms with Gasteiger partial charge in [0, 0.05) is 18.1 Å². The Kier molecular flexibility index (Phi) is 5.20. The van der Waals surface area contributed by atoms with Crippen molar-refractivity contribution in [3.05, 3.63) is 78.6 Å². The zero-order valence-corrected chi connectivity index (χ0v) is 11.0. The summed E-state index contributed by atoms with van der Waals surface area (Å²) < 4.78 is 0. The smallest absolute Gasteiger partial charge is 0.178 e. The van der Waals surface area contributed by atoms with E-state index >= 15 is 0 Å². The van der Waals surface area contributed by atoms with Gasteiger partial charge < -0.3 is 10.4 Å². The number of para-hydroxylation sites is 2. The number of nitrogens with zero attached hydrogens (tertiary/aromatic N) is 1. The number of aliphatic imine (C=N–C) groups is 1. The molecule has 0 saturated heterocycles. The molecule has 20 heavy (non-hydrogen) atoms. The number of aliphatic hydroxyl groups is 1. The SMILES string of the molecule is OC(=C=Nc1ccccc1)C=CCNc1ccccc1. The fraction of sp³-hybridized carbons (Fsp3) is 0.0588. The van der Waals surface area contributed by atoms with Crippen LogP contribution in [0.3, 0.4) is 0 Å². The van der Waals surface area contributed by atoms with Gasteiger partial charge in [0.2, 0.25) is 0 Å². The van der Waals surface area contributed by atoms with Gasteiger partial charge >= 0.3 is 0 Å². The Morgan fingerprint density at radius 2 is 1.70 bits per heavy atom. The molecular weight excluding hydrogens is 248 g/mol. The van der Waals surface area contributed by atoms with E-state index in [2.05, 4.69) is 16.2 Å². The van der Waals surface area contributed by atoms with E-state index in [1.807, 2.05) is 66.7 Å². The Morgan fingerprint density at radius 1 is 1.05 bits per heavy atom. The lowest BCUT2D eigenvalue weighted by Gasteiger charge is -2.00. The minimum Gasteiger partial charge on any atom is -0.500 e. The maximum atomic E-state index is 9.60. The van der Waals surface area contributed by atoms with Crippen molar-refractivity contribution >= 4 is 17.2 Å². The first kappa shape index (κ1) is 13.7. The zero-order chi connectivity index (χ0) is 14.0. The molecule has 0 unspecified atom stereocenters. The van der Waals surface area contributed by atoms with Crippen LogP contribution in [0.2, 0.25) is 0 Å². The van der Waals surface area contributed by atoms with Crippen molar-refractivity contribution < 1.29 is 5.11 Å². The summed E-state index contributed by atoms with van der Waals surface area (Å²) in [4.78, 5) is 4.03. The summed E-state index contributed by atoms with van der Waals surface area (Å²) in [7, 11) is 0. The second kappa shape index (κ2) is 7.62. The number of anilines is 1. The number of rotatable bonds is 5. The normalized spacial score (nSPS) is 10.0. The van der Waals surface area contributed by atoms with Crippen molar-refractivity contribution in [1.29, 1.82) is 0 Å². The predicted molar refractivity (Wildman–Crippen MR) is 83.8 cm³/mol. The van der Waals surface area contributed by atoms with Crippen LogP contribution in [-0.4, -0.2) is 17.5 Å². The van der Waals surface area contributed by atoms with Crippen LogP contribution >= 0.6 is 0 Å². The second-order valence-electron chi connectivity index (χ2n) is 4.09. The molecule has 0 aliphatic carbocycles. The highest BCUT2D eigenvalue weighted by molar-refractivity contribution is 5.63. The van der Waals surface area contributed by atoms with Gasteiger partial charge in [0.05, 0.1) is 5.69 Å². The maximum absolute atomic E-state index is 9.60.